The molecule has 0 saturated heterocycles. The first-order valence-corrected chi connectivity index (χ1v) is 6.39. The minimum absolute atomic E-state index is 0.0235. The molecule has 0 fully saturated rings. The highest BCUT2D eigenvalue weighted by molar-refractivity contribution is 6.30. The second-order valence-corrected chi connectivity index (χ2v) is 4.85. The van der Waals surface area contributed by atoms with Crippen molar-refractivity contribution in [2.24, 2.45) is 0 Å². The van der Waals surface area contributed by atoms with Gasteiger partial charge in [0, 0.05) is 23.4 Å². The summed E-state index contributed by atoms with van der Waals surface area (Å²) in [6.07, 6.45) is 2.57. The van der Waals surface area contributed by atoms with Crippen LogP contribution in [-0.4, -0.2) is 9.97 Å². The zero-order chi connectivity index (χ0) is 14.3. The van der Waals surface area contributed by atoms with Crippen molar-refractivity contribution in [2.75, 3.05) is 5.32 Å². The molecule has 1 heterocycles. The number of aromatic nitrogens is 2. The monoisotopic (exact) mass is 299 g/mol. The van der Waals surface area contributed by atoms with E-state index in [1.54, 1.807) is 0 Å². The third kappa shape index (κ3) is 2.31. The lowest BCUT2D eigenvalue weighted by Gasteiger charge is -2.08. The molecule has 1 aromatic carbocycles. The van der Waals surface area contributed by atoms with E-state index < -0.39 is 17.5 Å². The van der Waals surface area contributed by atoms with Crippen LogP contribution in [0.25, 0.3) is 0 Å². The Labute approximate surface area is 117 Å². The predicted octanol–water partition coefficient (Wildman–Crippen LogP) is 3.78. The Morgan fingerprint density at radius 2 is 1.75 bits per heavy atom. The summed E-state index contributed by atoms with van der Waals surface area (Å²) in [6, 6.07) is 1.67. The standard InChI is InChI=1S/C13H9ClF3N3/c14-12-7-2-1-3-10(7)19-13(20-12)18-6-4-8(15)11(17)9(16)5-6/h4-5H,1-3H2,(H,18,19,20). The maximum absolute atomic E-state index is 13.1. The van der Waals surface area contributed by atoms with Crippen molar-refractivity contribution in [3.63, 3.8) is 0 Å². The number of aryl methyl sites for hydroxylation is 1. The van der Waals surface area contributed by atoms with Crippen LogP contribution in [-0.2, 0) is 12.8 Å². The lowest BCUT2D eigenvalue weighted by atomic mass is 10.2. The molecule has 0 bridgehead atoms. The van der Waals surface area contributed by atoms with Crippen molar-refractivity contribution in [3.05, 3.63) is 46.0 Å². The van der Waals surface area contributed by atoms with Gasteiger partial charge in [-0.05, 0) is 19.3 Å². The highest BCUT2D eigenvalue weighted by atomic mass is 35.5. The molecule has 1 aromatic heterocycles. The molecule has 1 aliphatic carbocycles. The van der Waals surface area contributed by atoms with Gasteiger partial charge in [0.25, 0.3) is 0 Å². The Morgan fingerprint density at radius 3 is 2.45 bits per heavy atom. The van der Waals surface area contributed by atoms with E-state index in [2.05, 4.69) is 15.3 Å². The summed E-state index contributed by atoms with van der Waals surface area (Å²) in [5, 5.41) is 2.96. The van der Waals surface area contributed by atoms with Gasteiger partial charge < -0.3 is 5.32 Å². The molecule has 20 heavy (non-hydrogen) atoms. The summed E-state index contributed by atoms with van der Waals surface area (Å²) >= 11 is 6.03. The Bertz CT molecular complexity index is 668. The lowest BCUT2D eigenvalue weighted by molar-refractivity contribution is 0.448. The van der Waals surface area contributed by atoms with Crippen molar-refractivity contribution < 1.29 is 13.2 Å². The Kier molecular flexibility index (Phi) is 3.25. The SMILES string of the molecule is Fc1cc(Nc2nc(Cl)c3c(n2)CCC3)cc(F)c1F. The molecular weight excluding hydrogens is 291 g/mol. The van der Waals surface area contributed by atoms with Gasteiger partial charge in [0.05, 0.1) is 5.69 Å². The summed E-state index contributed by atoms with van der Waals surface area (Å²) < 4.78 is 39.1. The molecule has 0 spiro atoms. The zero-order valence-corrected chi connectivity index (χ0v) is 10.9. The van der Waals surface area contributed by atoms with E-state index in [1.165, 1.54) is 0 Å². The highest BCUT2D eigenvalue weighted by Gasteiger charge is 2.18. The summed E-state index contributed by atoms with van der Waals surface area (Å²) in [5.41, 5.74) is 1.76. The zero-order valence-electron chi connectivity index (χ0n) is 10.2. The van der Waals surface area contributed by atoms with E-state index in [4.69, 9.17) is 11.6 Å². The molecule has 3 rings (SSSR count). The highest BCUT2D eigenvalue weighted by Crippen LogP contribution is 2.28. The van der Waals surface area contributed by atoms with Gasteiger partial charge in [-0.15, -0.1) is 0 Å². The van der Waals surface area contributed by atoms with Crippen LogP contribution < -0.4 is 5.32 Å². The van der Waals surface area contributed by atoms with E-state index in [-0.39, 0.29) is 11.6 Å². The second-order valence-electron chi connectivity index (χ2n) is 4.50. The summed E-state index contributed by atoms with van der Waals surface area (Å²) in [5.74, 6) is -3.93. The average molecular weight is 300 g/mol. The van der Waals surface area contributed by atoms with Crippen LogP contribution in [0.1, 0.15) is 17.7 Å². The largest absolute Gasteiger partial charge is 0.324 e. The number of anilines is 2. The fourth-order valence-corrected chi connectivity index (χ4v) is 2.48. The number of nitrogens with one attached hydrogen (secondary N) is 1. The molecule has 0 atom stereocenters. The Morgan fingerprint density at radius 1 is 1.05 bits per heavy atom. The molecule has 0 radical (unpaired) electrons. The number of benzene rings is 1. The van der Waals surface area contributed by atoms with Crippen LogP contribution in [0.15, 0.2) is 12.1 Å². The van der Waals surface area contributed by atoms with Gasteiger partial charge in [0.1, 0.15) is 5.15 Å². The van der Waals surface area contributed by atoms with Crippen molar-refractivity contribution in [1.82, 2.24) is 9.97 Å². The van der Waals surface area contributed by atoms with Crippen molar-refractivity contribution in [2.45, 2.75) is 19.3 Å². The van der Waals surface area contributed by atoms with Crippen molar-refractivity contribution in [3.8, 4) is 0 Å². The van der Waals surface area contributed by atoms with Crippen LogP contribution in [0.5, 0.6) is 0 Å². The van der Waals surface area contributed by atoms with Crippen LogP contribution in [0.4, 0.5) is 24.8 Å². The first-order chi connectivity index (χ1) is 9.54. The van der Waals surface area contributed by atoms with Gasteiger partial charge in [-0.2, -0.15) is 0 Å². The third-order valence-corrected chi connectivity index (χ3v) is 3.44. The van der Waals surface area contributed by atoms with E-state index in [1.807, 2.05) is 0 Å². The van der Waals surface area contributed by atoms with Crippen molar-refractivity contribution >= 4 is 23.2 Å². The average Bonchev–Trinajstić information content (AvgIpc) is 2.84. The van der Waals surface area contributed by atoms with Crippen LogP contribution in [0, 0.1) is 17.5 Å². The maximum Gasteiger partial charge on any atom is 0.228 e. The minimum Gasteiger partial charge on any atom is -0.324 e. The number of rotatable bonds is 2. The molecule has 0 amide bonds. The normalized spacial score (nSPS) is 13.4. The topological polar surface area (TPSA) is 37.8 Å². The van der Waals surface area contributed by atoms with E-state index in [0.29, 0.717) is 5.15 Å². The second kappa shape index (κ2) is 4.94. The quantitative estimate of drug-likeness (QED) is 0.677. The summed E-state index contributed by atoms with van der Waals surface area (Å²) in [6.45, 7) is 0. The Hall–Kier alpha value is -1.82. The fraction of sp³-hybridized carbons (Fsp3) is 0.231. The predicted molar refractivity (Wildman–Crippen MR) is 68.7 cm³/mol. The molecule has 1 aliphatic rings. The first-order valence-electron chi connectivity index (χ1n) is 6.01. The Balaban J connectivity index is 1.94. The third-order valence-electron chi connectivity index (χ3n) is 3.12. The molecular formula is C13H9ClF3N3. The summed E-state index contributed by atoms with van der Waals surface area (Å²) in [7, 11) is 0. The molecule has 2 aromatic rings. The van der Waals surface area contributed by atoms with Crippen LogP contribution in [0.3, 0.4) is 0 Å². The maximum atomic E-state index is 13.1. The molecule has 0 aliphatic heterocycles. The van der Waals surface area contributed by atoms with Gasteiger partial charge in [-0.3, -0.25) is 0 Å². The van der Waals surface area contributed by atoms with Crippen LogP contribution >= 0.6 is 11.6 Å². The number of halogens is 4. The fourth-order valence-electron chi connectivity index (χ4n) is 2.20. The molecule has 1 N–H and O–H groups in total. The smallest absolute Gasteiger partial charge is 0.228 e. The van der Waals surface area contributed by atoms with Crippen LogP contribution in [0.2, 0.25) is 5.15 Å². The number of nitrogens with zero attached hydrogens (tertiary/aromatic N) is 2. The van der Waals surface area contributed by atoms with Gasteiger partial charge in [-0.1, -0.05) is 11.6 Å². The first kappa shape index (κ1) is 13.2. The minimum atomic E-state index is -1.51. The van der Waals surface area contributed by atoms with Crippen molar-refractivity contribution in [1.29, 1.82) is 0 Å². The van der Waals surface area contributed by atoms with Gasteiger partial charge in [0.15, 0.2) is 17.5 Å². The molecule has 0 unspecified atom stereocenters. The van der Waals surface area contributed by atoms with Gasteiger partial charge in [0.2, 0.25) is 5.95 Å². The van der Waals surface area contributed by atoms with Gasteiger partial charge in [-0.25, -0.2) is 23.1 Å². The molecule has 0 saturated carbocycles. The van der Waals surface area contributed by atoms with E-state index in [0.717, 1.165) is 42.7 Å². The number of hydrogen-bond acceptors (Lipinski definition) is 3. The molecule has 7 heteroatoms. The van der Waals surface area contributed by atoms with E-state index in [9.17, 15) is 13.2 Å². The number of fused-ring (bicyclic) bond motifs is 1. The molecule has 104 valence electrons. The molecule has 3 nitrogen and oxygen atoms in total. The summed E-state index contributed by atoms with van der Waals surface area (Å²) in [4.78, 5) is 8.27. The number of hydrogen-bond donors (Lipinski definition) is 1. The van der Waals surface area contributed by atoms with E-state index >= 15 is 0 Å². The van der Waals surface area contributed by atoms with Gasteiger partial charge >= 0.3 is 0 Å². The lowest BCUT2D eigenvalue weighted by Crippen LogP contribution is -2.03.